The van der Waals surface area contributed by atoms with Gasteiger partial charge in [-0.25, -0.2) is 0 Å². The van der Waals surface area contributed by atoms with Crippen molar-refractivity contribution in [1.29, 1.82) is 0 Å². The summed E-state index contributed by atoms with van der Waals surface area (Å²) >= 11 is 0. The van der Waals surface area contributed by atoms with Crippen LogP contribution in [0.25, 0.3) is 0 Å². The van der Waals surface area contributed by atoms with Gasteiger partial charge in [0, 0.05) is 17.8 Å². The first-order valence-corrected chi connectivity index (χ1v) is 7.78. The predicted octanol–water partition coefficient (Wildman–Crippen LogP) is 2.31. The zero-order valence-corrected chi connectivity index (χ0v) is 13.3. The average molecular weight is 304 g/mol. The van der Waals surface area contributed by atoms with Crippen molar-refractivity contribution in [2.24, 2.45) is 5.92 Å². The molecule has 1 heterocycles. The van der Waals surface area contributed by atoms with Crippen LogP contribution in [0.2, 0.25) is 0 Å². The number of fused-ring (bicyclic) bond motifs is 1. The number of Topliss-reactive ketones (excluding diaryl/α,β-unsaturated/α-hetero) is 1. The second kappa shape index (κ2) is 6.92. The molecule has 120 valence electrons. The fraction of sp³-hybridized carbons (Fsp3) is 0.529. The van der Waals surface area contributed by atoms with E-state index in [0.29, 0.717) is 12.0 Å². The molecule has 3 N–H and O–H groups in total. The van der Waals surface area contributed by atoms with E-state index in [2.05, 4.69) is 10.6 Å². The number of hydrogen-bond donors (Lipinski definition) is 3. The first-order valence-electron chi connectivity index (χ1n) is 7.78. The minimum atomic E-state index is -0.911. The number of nitrogens with one attached hydrogen (secondary N) is 2. The second-order valence-electron chi connectivity index (χ2n) is 6.32. The predicted molar refractivity (Wildman–Crippen MR) is 86.4 cm³/mol. The molecule has 0 amide bonds. The van der Waals surface area contributed by atoms with Crippen molar-refractivity contribution in [1.82, 2.24) is 5.32 Å². The van der Waals surface area contributed by atoms with Crippen molar-refractivity contribution in [3.8, 4) is 0 Å². The number of benzene rings is 1. The Hall–Kier alpha value is -1.88. The molecule has 0 bridgehead atoms. The SMILES string of the molecule is CC(C)CC(NC(C)C(=O)c1ccc2c(c1)CCN2)C(=O)O. The van der Waals surface area contributed by atoms with E-state index in [9.17, 15) is 14.7 Å². The normalized spacial score (nSPS) is 16.0. The summed E-state index contributed by atoms with van der Waals surface area (Å²) in [5.41, 5.74) is 2.87. The summed E-state index contributed by atoms with van der Waals surface area (Å²) in [5.74, 6) is -0.724. The van der Waals surface area contributed by atoms with E-state index in [4.69, 9.17) is 0 Å². The van der Waals surface area contributed by atoms with Gasteiger partial charge in [-0.1, -0.05) is 13.8 Å². The maximum absolute atomic E-state index is 12.5. The Morgan fingerprint density at radius 3 is 2.68 bits per heavy atom. The minimum Gasteiger partial charge on any atom is -0.480 e. The van der Waals surface area contributed by atoms with Gasteiger partial charge in [0.25, 0.3) is 0 Å². The lowest BCUT2D eigenvalue weighted by Crippen LogP contribution is -2.46. The summed E-state index contributed by atoms with van der Waals surface area (Å²) in [6.07, 6.45) is 1.42. The van der Waals surface area contributed by atoms with E-state index < -0.39 is 18.1 Å². The van der Waals surface area contributed by atoms with E-state index in [0.717, 1.165) is 24.2 Å². The number of hydrogen-bond acceptors (Lipinski definition) is 4. The standard InChI is InChI=1S/C17H24N2O3/c1-10(2)8-15(17(21)22)19-11(3)16(20)13-4-5-14-12(9-13)6-7-18-14/h4-5,9-11,15,18-19H,6-8H2,1-3H3,(H,21,22). The van der Waals surface area contributed by atoms with Crippen LogP contribution < -0.4 is 10.6 Å². The van der Waals surface area contributed by atoms with Crippen LogP contribution in [0.1, 0.15) is 43.1 Å². The Kier molecular flexibility index (Phi) is 5.19. The molecule has 1 aromatic rings. The van der Waals surface area contributed by atoms with Crippen molar-refractivity contribution in [3.05, 3.63) is 29.3 Å². The van der Waals surface area contributed by atoms with Crippen molar-refractivity contribution in [3.63, 3.8) is 0 Å². The van der Waals surface area contributed by atoms with E-state index in [1.54, 1.807) is 13.0 Å². The third-order valence-electron chi connectivity index (χ3n) is 3.95. The van der Waals surface area contributed by atoms with E-state index in [1.807, 2.05) is 26.0 Å². The van der Waals surface area contributed by atoms with Gasteiger partial charge in [-0.15, -0.1) is 0 Å². The van der Waals surface area contributed by atoms with Gasteiger partial charge in [-0.2, -0.15) is 0 Å². The zero-order valence-electron chi connectivity index (χ0n) is 13.3. The first-order chi connectivity index (χ1) is 10.4. The molecule has 0 fully saturated rings. The van der Waals surface area contributed by atoms with Gasteiger partial charge in [0.05, 0.1) is 6.04 Å². The van der Waals surface area contributed by atoms with Gasteiger partial charge >= 0.3 is 5.97 Å². The molecule has 5 heteroatoms. The summed E-state index contributed by atoms with van der Waals surface area (Å²) < 4.78 is 0. The van der Waals surface area contributed by atoms with Crippen molar-refractivity contribution in [2.75, 3.05) is 11.9 Å². The number of carbonyl (C=O) groups excluding carboxylic acids is 1. The monoisotopic (exact) mass is 304 g/mol. The maximum atomic E-state index is 12.5. The fourth-order valence-corrected chi connectivity index (χ4v) is 2.80. The van der Waals surface area contributed by atoms with E-state index in [1.165, 1.54) is 0 Å². The van der Waals surface area contributed by atoms with Crippen LogP contribution in [0.5, 0.6) is 0 Å². The van der Waals surface area contributed by atoms with Crippen LogP contribution in [0.4, 0.5) is 5.69 Å². The molecule has 1 aliphatic rings. The molecular weight excluding hydrogens is 280 g/mol. The number of carboxylic acids is 1. The summed E-state index contributed by atoms with van der Waals surface area (Å²) in [4.78, 5) is 23.8. The van der Waals surface area contributed by atoms with Gasteiger partial charge < -0.3 is 10.4 Å². The maximum Gasteiger partial charge on any atom is 0.320 e. The molecule has 1 aliphatic heterocycles. The molecule has 0 aliphatic carbocycles. The third kappa shape index (κ3) is 3.85. The molecule has 5 nitrogen and oxygen atoms in total. The molecule has 2 unspecified atom stereocenters. The highest BCUT2D eigenvalue weighted by Gasteiger charge is 2.25. The van der Waals surface area contributed by atoms with Crippen molar-refractivity contribution in [2.45, 2.75) is 45.7 Å². The lowest BCUT2D eigenvalue weighted by atomic mass is 9.99. The highest BCUT2D eigenvalue weighted by Crippen LogP contribution is 2.23. The van der Waals surface area contributed by atoms with Gasteiger partial charge in [0.1, 0.15) is 6.04 Å². The third-order valence-corrected chi connectivity index (χ3v) is 3.95. The molecule has 0 saturated heterocycles. The van der Waals surface area contributed by atoms with Crippen molar-refractivity contribution < 1.29 is 14.7 Å². The van der Waals surface area contributed by atoms with Gasteiger partial charge in [0.15, 0.2) is 5.78 Å². The topological polar surface area (TPSA) is 78.4 Å². The van der Waals surface area contributed by atoms with Crippen LogP contribution in [-0.2, 0) is 11.2 Å². The van der Waals surface area contributed by atoms with Crippen LogP contribution in [0, 0.1) is 5.92 Å². The molecule has 1 aromatic carbocycles. The molecular formula is C17H24N2O3. The van der Waals surface area contributed by atoms with Crippen LogP contribution in [0.3, 0.4) is 0 Å². The number of aliphatic carboxylic acids is 1. The summed E-state index contributed by atoms with van der Waals surface area (Å²) in [6.45, 7) is 6.57. The molecule has 0 saturated carbocycles. The second-order valence-corrected chi connectivity index (χ2v) is 6.32. The van der Waals surface area contributed by atoms with Crippen LogP contribution in [-0.4, -0.2) is 35.5 Å². The Morgan fingerprint density at radius 1 is 1.32 bits per heavy atom. The fourth-order valence-electron chi connectivity index (χ4n) is 2.80. The number of anilines is 1. The van der Waals surface area contributed by atoms with Crippen LogP contribution >= 0.6 is 0 Å². The van der Waals surface area contributed by atoms with Gasteiger partial charge in [0.2, 0.25) is 0 Å². The number of carboxylic acid groups (broad SMARTS) is 1. The molecule has 0 radical (unpaired) electrons. The van der Waals surface area contributed by atoms with Crippen LogP contribution in [0.15, 0.2) is 18.2 Å². The molecule has 22 heavy (non-hydrogen) atoms. The number of ketones is 1. The molecule has 2 atom stereocenters. The van der Waals surface area contributed by atoms with Crippen molar-refractivity contribution >= 4 is 17.4 Å². The molecule has 0 aromatic heterocycles. The number of rotatable bonds is 7. The largest absolute Gasteiger partial charge is 0.480 e. The van der Waals surface area contributed by atoms with Gasteiger partial charge in [-0.05, 0) is 49.4 Å². The summed E-state index contributed by atoms with van der Waals surface area (Å²) in [5, 5.41) is 15.5. The Balaban J connectivity index is 2.06. The average Bonchev–Trinajstić information content (AvgIpc) is 2.92. The smallest absolute Gasteiger partial charge is 0.320 e. The van der Waals surface area contributed by atoms with Gasteiger partial charge in [-0.3, -0.25) is 14.9 Å². The Labute approximate surface area is 131 Å². The summed E-state index contributed by atoms with van der Waals surface area (Å²) in [7, 11) is 0. The Morgan fingerprint density at radius 2 is 2.05 bits per heavy atom. The quantitative estimate of drug-likeness (QED) is 0.674. The molecule has 2 rings (SSSR count). The lowest BCUT2D eigenvalue weighted by Gasteiger charge is -2.21. The zero-order chi connectivity index (χ0) is 16.3. The number of carbonyl (C=O) groups is 2. The first kappa shape index (κ1) is 16.5. The van der Waals surface area contributed by atoms with E-state index >= 15 is 0 Å². The lowest BCUT2D eigenvalue weighted by molar-refractivity contribution is -0.140. The van der Waals surface area contributed by atoms with E-state index in [-0.39, 0.29) is 11.7 Å². The summed E-state index contributed by atoms with van der Waals surface area (Å²) in [6, 6.07) is 4.41. The highest BCUT2D eigenvalue weighted by molar-refractivity contribution is 6.00. The Bertz CT molecular complexity index is 569. The minimum absolute atomic E-state index is 0.0651. The highest BCUT2D eigenvalue weighted by atomic mass is 16.4. The molecule has 0 spiro atoms.